The monoisotopic (exact) mass is 1270 g/mol. The number of aromatic nitrogens is 8. The number of nitrogens with one attached hydrogen (secondary N) is 3. The third-order valence-electron chi connectivity index (χ3n) is 14.7. The number of carbonyl (C=O) groups is 4. The van der Waals surface area contributed by atoms with Gasteiger partial charge < -0.3 is 39.0 Å². The Morgan fingerprint density at radius 1 is 0.615 bits per heavy atom. The van der Waals surface area contributed by atoms with Crippen LogP contribution >= 0.6 is 22.7 Å². The fourth-order valence-electron chi connectivity index (χ4n) is 10.5. The fourth-order valence-corrected chi connectivity index (χ4v) is 11.8. The highest BCUT2D eigenvalue weighted by Gasteiger charge is 2.33. The van der Waals surface area contributed by atoms with Crippen LogP contribution in [0.3, 0.4) is 0 Å². The van der Waals surface area contributed by atoms with Crippen LogP contribution < -0.4 is 34.9 Å². The number of carboxylic acids is 1. The number of hydrogen-bond acceptors (Lipinski definition) is 18. The van der Waals surface area contributed by atoms with Crippen LogP contribution in [0.5, 0.6) is 34.5 Å². The number of aliphatic carboxylic acids is 1. The van der Waals surface area contributed by atoms with Crippen molar-refractivity contribution in [3.05, 3.63) is 177 Å². The summed E-state index contributed by atoms with van der Waals surface area (Å²) in [5.74, 6) is 3.00. The van der Waals surface area contributed by atoms with Crippen molar-refractivity contribution in [1.82, 2.24) is 49.7 Å². The second-order valence-corrected chi connectivity index (χ2v) is 25.3. The molecule has 2 unspecified atom stereocenters. The van der Waals surface area contributed by atoms with Gasteiger partial charge in [-0.3, -0.25) is 25.0 Å². The predicted molar refractivity (Wildman–Crippen MR) is 350 cm³/mol. The van der Waals surface area contributed by atoms with E-state index in [-0.39, 0.29) is 29.7 Å². The zero-order chi connectivity index (χ0) is 64.2. The van der Waals surface area contributed by atoms with Crippen molar-refractivity contribution in [3.8, 4) is 34.5 Å². The molecule has 8 heterocycles. The van der Waals surface area contributed by atoms with E-state index in [2.05, 4.69) is 25.9 Å². The average Bonchev–Trinajstić information content (AvgIpc) is 1.67. The maximum atomic E-state index is 13.0. The molecule has 2 atom stereocenters. The molecule has 2 fully saturated rings. The second-order valence-electron chi connectivity index (χ2n) is 22.8. The molecule has 12 rings (SSSR count). The molecule has 22 nitrogen and oxygen atoms in total. The molecule has 472 valence electrons. The van der Waals surface area contributed by atoms with Crippen LogP contribution in [0.1, 0.15) is 118 Å². The van der Waals surface area contributed by atoms with Crippen LogP contribution in [-0.4, -0.2) is 119 Å². The molecule has 0 aliphatic carbocycles. The number of thiazole rings is 2. The molecule has 4 aromatic carbocycles. The molecule has 91 heavy (non-hydrogen) atoms. The Morgan fingerprint density at radius 2 is 1.05 bits per heavy atom. The Labute approximate surface area is 534 Å². The molecule has 0 saturated carbocycles. The first-order valence-corrected chi connectivity index (χ1v) is 31.4. The summed E-state index contributed by atoms with van der Waals surface area (Å²) in [5, 5.41) is 29.6. The molecule has 10 aromatic rings. The molecule has 24 heteroatoms. The standard InChI is InChI=1S/C35H38N6O5S.C30H30N6O3S.C2H4O2/c1-22-19-37-33(47-22)38-32(42)24-10-14-27(15-11-24)45-28-16-17-36-31-29(28)30(39-41(31)20-23-8-12-26(44-5)13-9-23)25-7-6-18-40(21-25)34(43)46-35(2,3)4;1-19-16-33-30(40-19)34-29(37)21-7-11-24(12-8-21)39-25-13-15-32-28-26(25)27(22-4-3-14-31-17-22)35-36(28)18-20-5-9-23(38-2)10-6-20;1-2(3)4/h8-17,19,25H,6-7,18,20-21H2,1-5H3,(H,37,38,42);5-13,15-16,22,31H,3-4,14,17-18H2,1-2H3,(H,33,34,37);1H3,(H,3,4). The van der Waals surface area contributed by atoms with Gasteiger partial charge >= 0.3 is 6.09 Å². The first-order valence-electron chi connectivity index (χ1n) is 29.7. The first-order chi connectivity index (χ1) is 43.9. The molecule has 6 aromatic heterocycles. The van der Waals surface area contributed by atoms with Crippen LogP contribution in [0.2, 0.25) is 0 Å². The maximum absolute atomic E-state index is 13.0. The lowest BCUT2D eigenvalue weighted by Crippen LogP contribution is -2.42. The molecule has 0 radical (unpaired) electrons. The number of anilines is 2. The van der Waals surface area contributed by atoms with Crippen molar-refractivity contribution in [2.75, 3.05) is 51.0 Å². The average molecular weight is 1270 g/mol. The van der Waals surface area contributed by atoms with Gasteiger partial charge in [0.15, 0.2) is 21.6 Å². The maximum Gasteiger partial charge on any atom is 0.410 e. The SMILES string of the molecule is CC(=O)O.COc1ccc(Cn2nc(C3CCCN(C(=O)OC(C)(C)C)C3)c3c(Oc4ccc(C(=O)Nc5ncc(C)s5)cc4)ccnc32)cc1.COc1ccc(Cn2nc(C3CCCNC3)c3c(Oc4ccc(C(=O)Nc5ncc(C)s5)cc4)ccnc32)cc1. The number of aryl methyl sites for hydroxylation is 2. The van der Waals surface area contributed by atoms with E-state index in [9.17, 15) is 14.4 Å². The van der Waals surface area contributed by atoms with Gasteiger partial charge in [0.1, 0.15) is 40.1 Å². The lowest BCUT2D eigenvalue weighted by molar-refractivity contribution is -0.134. The normalized spacial score (nSPS) is 14.7. The van der Waals surface area contributed by atoms with E-state index in [0.29, 0.717) is 76.2 Å². The van der Waals surface area contributed by atoms with Crippen molar-refractivity contribution < 1.29 is 48.0 Å². The third-order valence-corrected chi connectivity index (χ3v) is 16.4. The van der Waals surface area contributed by atoms with Crippen molar-refractivity contribution in [3.63, 3.8) is 0 Å². The van der Waals surface area contributed by atoms with E-state index < -0.39 is 11.6 Å². The third kappa shape index (κ3) is 16.7. The molecule has 2 aliphatic heterocycles. The van der Waals surface area contributed by atoms with Gasteiger partial charge in [-0.15, -0.1) is 22.7 Å². The number of nitrogens with zero attached hydrogens (tertiary/aromatic N) is 9. The van der Waals surface area contributed by atoms with Crippen LogP contribution in [0.15, 0.2) is 134 Å². The minimum Gasteiger partial charge on any atom is -0.497 e. The van der Waals surface area contributed by atoms with Gasteiger partial charge in [-0.2, -0.15) is 10.2 Å². The van der Waals surface area contributed by atoms with Gasteiger partial charge in [0.25, 0.3) is 17.8 Å². The summed E-state index contributed by atoms with van der Waals surface area (Å²) >= 11 is 2.86. The molecule has 3 amide bonds. The summed E-state index contributed by atoms with van der Waals surface area (Å²) in [5.41, 5.74) is 5.85. The number of ether oxygens (including phenoxy) is 5. The number of carbonyl (C=O) groups excluding carboxylic acids is 3. The Morgan fingerprint density at radius 3 is 1.46 bits per heavy atom. The van der Waals surface area contributed by atoms with Crippen LogP contribution in [0.4, 0.5) is 15.1 Å². The molecule has 0 bridgehead atoms. The lowest BCUT2D eigenvalue weighted by atomic mass is 9.93. The number of piperidine rings is 2. The zero-order valence-corrected chi connectivity index (χ0v) is 53.5. The zero-order valence-electron chi connectivity index (χ0n) is 51.9. The molecule has 2 saturated heterocycles. The summed E-state index contributed by atoms with van der Waals surface area (Å²) in [4.78, 5) is 69.2. The largest absolute Gasteiger partial charge is 0.497 e. The number of carboxylic acid groups (broad SMARTS) is 1. The van der Waals surface area contributed by atoms with Crippen LogP contribution in [0, 0.1) is 13.8 Å². The number of fused-ring (bicyclic) bond motifs is 2. The van der Waals surface area contributed by atoms with Crippen molar-refractivity contribution in [1.29, 1.82) is 0 Å². The molecule has 0 spiro atoms. The number of benzene rings is 4. The highest BCUT2D eigenvalue weighted by Crippen LogP contribution is 2.40. The first kappa shape index (κ1) is 64.2. The van der Waals surface area contributed by atoms with E-state index in [1.807, 2.05) is 105 Å². The lowest BCUT2D eigenvalue weighted by Gasteiger charge is -2.33. The van der Waals surface area contributed by atoms with E-state index in [4.69, 9.17) is 53.8 Å². The number of likely N-dealkylation sites (tertiary alicyclic amines) is 1. The summed E-state index contributed by atoms with van der Waals surface area (Å²) in [7, 11) is 3.31. The van der Waals surface area contributed by atoms with Gasteiger partial charge in [0.05, 0.1) is 49.5 Å². The van der Waals surface area contributed by atoms with Gasteiger partial charge in [0, 0.05) is 84.1 Å². The number of pyridine rings is 2. The highest BCUT2D eigenvalue weighted by molar-refractivity contribution is 7.16. The number of rotatable bonds is 16. The van der Waals surface area contributed by atoms with Gasteiger partial charge in [0.2, 0.25) is 0 Å². The summed E-state index contributed by atoms with van der Waals surface area (Å²) in [6, 6.07) is 33.6. The number of amides is 3. The van der Waals surface area contributed by atoms with Crippen molar-refractivity contribution in [2.24, 2.45) is 0 Å². The van der Waals surface area contributed by atoms with Crippen LogP contribution in [0.25, 0.3) is 22.1 Å². The Kier molecular flexibility index (Phi) is 20.6. The smallest absolute Gasteiger partial charge is 0.410 e. The van der Waals surface area contributed by atoms with E-state index in [1.165, 1.54) is 22.7 Å². The predicted octanol–water partition coefficient (Wildman–Crippen LogP) is 13.3. The molecule has 4 N–H and O–H groups in total. The molecular formula is C67H72N12O10S2. The minimum atomic E-state index is -0.833. The van der Waals surface area contributed by atoms with E-state index >= 15 is 0 Å². The summed E-state index contributed by atoms with van der Waals surface area (Å²) in [6.45, 7) is 14.6. The van der Waals surface area contributed by atoms with Crippen molar-refractivity contribution in [2.45, 2.75) is 97.8 Å². The fraction of sp³-hybridized carbons (Fsp3) is 0.313. The van der Waals surface area contributed by atoms with E-state index in [0.717, 1.165) is 106 Å². The van der Waals surface area contributed by atoms with Crippen LogP contribution in [-0.2, 0) is 22.6 Å². The Bertz CT molecular complexity index is 4130. The van der Waals surface area contributed by atoms with Crippen molar-refractivity contribution >= 4 is 78.9 Å². The number of hydrogen-bond donors (Lipinski definition) is 4. The second kappa shape index (κ2) is 29.2. The minimum absolute atomic E-state index is 0.0528. The van der Waals surface area contributed by atoms with Gasteiger partial charge in [-0.1, -0.05) is 24.3 Å². The van der Waals surface area contributed by atoms with Gasteiger partial charge in [-0.05, 0) is 163 Å². The Hall–Kier alpha value is -9.78. The number of methoxy groups -OCH3 is 2. The van der Waals surface area contributed by atoms with Gasteiger partial charge in [-0.25, -0.2) is 34.1 Å². The molecule has 2 aliphatic rings. The molecular weight excluding hydrogens is 1200 g/mol. The topological polar surface area (TPSA) is 261 Å². The quantitative estimate of drug-likeness (QED) is 0.0701. The Balaban J connectivity index is 0.000000191. The highest BCUT2D eigenvalue weighted by atomic mass is 32.1. The summed E-state index contributed by atoms with van der Waals surface area (Å²) < 4.78 is 33.0. The van der Waals surface area contributed by atoms with E-state index in [1.54, 1.807) is 92.4 Å². The summed E-state index contributed by atoms with van der Waals surface area (Å²) in [6.07, 6.45) is 10.4.